The summed E-state index contributed by atoms with van der Waals surface area (Å²) in [5.74, 6) is 0. The molecule has 0 saturated carbocycles. The van der Waals surface area contributed by atoms with Crippen molar-refractivity contribution >= 4 is 0 Å². The van der Waals surface area contributed by atoms with Crippen LogP contribution in [0.3, 0.4) is 0 Å². The van der Waals surface area contributed by atoms with E-state index < -0.39 is 0 Å². The van der Waals surface area contributed by atoms with Crippen molar-refractivity contribution in [3.63, 3.8) is 0 Å². The Morgan fingerprint density at radius 1 is 1.38 bits per heavy atom. The maximum absolute atomic E-state index is 3.94. The third-order valence-corrected chi connectivity index (χ3v) is 2.39. The SMILES string of the molecule is c1n[nH]cc1CN1CCCNCC1. The Balaban J connectivity index is 1.86. The molecule has 4 heteroatoms. The van der Waals surface area contributed by atoms with Gasteiger partial charge in [-0.2, -0.15) is 5.10 Å². The Labute approximate surface area is 78.3 Å². The molecule has 0 atom stereocenters. The lowest BCUT2D eigenvalue weighted by Crippen LogP contribution is -2.27. The lowest BCUT2D eigenvalue weighted by atomic mass is 10.3. The molecule has 0 aliphatic carbocycles. The Morgan fingerprint density at radius 3 is 3.23 bits per heavy atom. The van der Waals surface area contributed by atoms with E-state index in [0.717, 1.165) is 26.2 Å². The van der Waals surface area contributed by atoms with Crippen LogP contribution in [0.2, 0.25) is 0 Å². The standard InChI is InChI=1S/C9H16N4/c1-2-10-3-5-13(4-1)8-9-6-11-12-7-9/h6-7,10H,1-5,8H2,(H,11,12). The molecule has 0 aromatic carbocycles. The summed E-state index contributed by atoms with van der Waals surface area (Å²) in [6.07, 6.45) is 5.12. The van der Waals surface area contributed by atoms with E-state index in [1.54, 1.807) is 0 Å². The fraction of sp³-hybridized carbons (Fsp3) is 0.667. The Morgan fingerprint density at radius 2 is 2.38 bits per heavy atom. The first-order chi connectivity index (χ1) is 6.45. The summed E-state index contributed by atoms with van der Waals surface area (Å²) in [4.78, 5) is 2.46. The maximum Gasteiger partial charge on any atom is 0.0532 e. The van der Waals surface area contributed by atoms with Crippen molar-refractivity contribution in [3.05, 3.63) is 18.0 Å². The molecule has 72 valence electrons. The Bertz CT molecular complexity index is 224. The van der Waals surface area contributed by atoms with Gasteiger partial charge >= 0.3 is 0 Å². The highest BCUT2D eigenvalue weighted by Crippen LogP contribution is 2.03. The van der Waals surface area contributed by atoms with E-state index in [9.17, 15) is 0 Å². The lowest BCUT2D eigenvalue weighted by molar-refractivity contribution is 0.284. The van der Waals surface area contributed by atoms with Gasteiger partial charge in [-0.15, -0.1) is 0 Å². The molecule has 4 nitrogen and oxygen atoms in total. The number of rotatable bonds is 2. The van der Waals surface area contributed by atoms with Crippen molar-refractivity contribution in [3.8, 4) is 0 Å². The number of aromatic nitrogens is 2. The van der Waals surface area contributed by atoms with Crippen LogP contribution in [0.15, 0.2) is 12.4 Å². The molecule has 0 unspecified atom stereocenters. The predicted octanol–water partition coefficient (Wildman–Crippen LogP) is 0.205. The van der Waals surface area contributed by atoms with Gasteiger partial charge in [0.05, 0.1) is 6.20 Å². The van der Waals surface area contributed by atoms with Crippen molar-refractivity contribution < 1.29 is 0 Å². The van der Waals surface area contributed by atoms with Gasteiger partial charge in [-0.05, 0) is 19.5 Å². The van der Waals surface area contributed by atoms with Crippen molar-refractivity contribution in [1.29, 1.82) is 0 Å². The van der Waals surface area contributed by atoms with E-state index in [1.165, 1.54) is 18.5 Å². The molecule has 2 heterocycles. The van der Waals surface area contributed by atoms with Crippen LogP contribution in [0.4, 0.5) is 0 Å². The van der Waals surface area contributed by atoms with Crippen LogP contribution in [0.5, 0.6) is 0 Å². The normalized spacial score (nSPS) is 20.0. The van der Waals surface area contributed by atoms with Crippen molar-refractivity contribution in [2.45, 2.75) is 13.0 Å². The highest BCUT2D eigenvalue weighted by molar-refractivity contribution is 5.01. The molecule has 1 aliphatic heterocycles. The van der Waals surface area contributed by atoms with Gasteiger partial charge in [-0.3, -0.25) is 10.00 Å². The number of H-pyrrole nitrogens is 1. The lowest BCUT2D eigenvalue weighted by Gasteiger charge is -2.17. The minimum absolute atomic E-state index is 1.03. The molecule has 0 amide bonds. The topological polar surface area (TPSA) is 44.0 Å². The summed E-state index contributed by atoms with van der Waals surface area (Å²) in [7, 11) is 0. The van der Waals surface area contributed by atoms with E-state index in [1.807, 2.05) is 12.4 Å². The van der Waals surface area contributed by atoms with Crippen LogP contribution in [-0.4, -0.2) is 41.3 Å². The number of aromatic amines is 1. The van der Waals surface area contributed by atoms with Crippen LogP contribution in [0.25, 0.3) is 0 Å². The fourth-order valence-electron chi connectivity index (χ4n) is 1.68. The zero-order valence-corrected chi connectivity index (χ0v) is 7.79. The van der Waals surface area contributed by atoms with E-state index in [2.05, 4.69) is 20.4 Å². The summed E-state index contributed by atoms with van der Waals surface area (Å²) >= 11 is 0. The van der Waals surface area contributed by atoms with E-state index in [0.29, 0.717) is 0 Å². The highest BCUT2D eigenvalue weighted by atomic mass is 15.2. The van der Waals surface area contributed by atoms with Crippen molar-refractivity contribution in [1.82, 2.24) is 20.4 Å². The molecule has 0 bridgehead atoms. The van der Waals surface area contributed by atoms with Gasteiger partial charge < -0.3 is 5.32 Å². The number of hydrogen-bond donors (Lipinski definition) is 2. The van der Waals surface area contributed by atoms with Crippen LogP contribution in [0.1, 0.15) is 12.0 Å². The summed E-state index contributed by atoms with van der Waals surface area (Å²) in [5.41, 5.74) is 1.28. The first-order valence-corrected chi connectivity index (χ1v) is 4.86. The average molecular weight is 180 g/mol. The number of hydrogen-bond acceptors (Lipinski definition) is 3. The molecule has 1 aromatic rings. The third kappa shape index (κ3) is 2.54. The molecule has 2 rings (SSSR count). The number of nitrogens with zero attached hydrogens (tertiary/aromatic N) is 2. The second kappa shape index (κ2) is 4.39. The molecule has 1 saturated heterocycles. The van der Waals surface area contributed by atoms with E-state index >= 15 is 0 Å². The molecule has 1 aromatic heterocycles. The van der Waals surface area contributed by atoms with Crippen LogP contribution in [0, 0.1) is 0 Å². The monoisotopic (exact) mass is 180 g/mol. The van der Waals surface area contributed by atoms with Crippen LogP contribution >= 0.6 is 0 Å². The fourth-order valence-corrected chi connectivity index (χ4v) is 1.68. The minimum atomic E-state index is 1.03. The van der Waals surface area contributed by atoms with Gasteiger partial charge in [0.25, 0.3) is 0 Å². The summed E-state index contributed by atoms with van der Waals surface area (Å²) in [6.45, 7) is 5.63. The van der Waals surface area contributed by atoms with Crippen LogP contribution in [-0.2, 0) is 6.54 Å². The van der Waals surface area contributed by atoms with Gasteiger partial charge in [0.2, 0.25) is 0 Å². The van der Waals surface area contributed by atoms with Gasteiger partial charge in [0.1, 0.15) is 0 Å². The molecule has 1 fully saturated rings. The van der Waals surface area contributed by atoms with Gasteiger partial charge in [0.15, 0.2) is 0 Å². The van der Waals surface area contributed by atoms with Crippen LogP contribution < -0.4 is 5.32 Å². The first kappa shape index (κ1) is 8.72. The molecular formula is C9H16N4. The van der Waals surface area contributed by atoms with Gasteiger partial charge in [0, 0.05) is 31.4 Å². The molecule has 13 heavy (non-hydrogen) atoms. The third-order valence-electron chi connectivity index (χ3n) is 2.39. The quantitative estimate of drug-likeness (QED) is 0.683. The largest absolute Gasteiger partial charge is 0.315 e. The highest BCUT2D eigenvalue weighted by Gasteiger charge is 2.08. The zero-order valence-electron chi connectivity index (χ0n) is 7.79. The molecule has 0 spiro atoms. The smallest absolute Gasteiger partial charge is 0.0532 e. The zero-order chi connectivity index (χ0) is 8.93. The summed E-state index contributed by atoms with van der Waals surface area (Å²) < 4.78 is 0. The molecular weight excluding hydrogens is 164 g/mol. The van der Waals surface area contributed by atoms with Gasteiger partial charge in [-0.25, -0.2) is 0 Å². The maximum atomic E-state index is 3.94. The van der Waals surface area contributed by atoms with E-state index in [4.69, 9.17) is 0 Å². The molecule has 1 aliphatic rings. The van der Waals surface area contributed by atoms with E-state index in [-0.39, 0.29) is 0 Å². The molecule has 2 N–H and O–H groups in total. The number of nitrogens with one attached hydrogen (secondary N) is 2. The predicted molar refractivity (Wildman–Crippen MR) is 51.4 cm³/mol. The Hall–Kier alpha value is -0.870. The summed E-state index contributed by atoms with van der Waals surface area (Å²) in [5, 5.41) is 10.2. The summed E-state index contributed by atoms with van der Waals surface area (Å²) in [6, 6.07) is 0. The second-order valence-corrected chi connectivity index (χ2v) is 3.49. The van der Waals surface area contributed by atoms with Gasteiger partial charge in [-0.1, -0.05) is 0 Å². The van der Waals surface area contributed by atoms with Crippen molar-refractivity contribution in [2.75, 3.05) is 26.2 Å². The second-order valence-electron chi connectivity index (χ2n) is 3.49. The Kier molecular flexibility index (Phi) is 2.94. The van der Waals surface area contributed by atoms with Crippen molar-refractivity contribution in [2.24, 2.45) is 0 Å². The molecule has 0 radical (unpaired) electrons. The average Bonchev–Trinajstić information content (AvgIpc) is 2.49. The first-order valence-electron chi connectivity index (χ1n) is 4.86. The minimum Gasteiger partial charge on any atom is -0.315 e.